The molecule has 0 aliphatic carbocycles. The number of rotatable bonds is 6. The monoisotopic (exact) mass is 339 g/mol. The van der Waals surface area contributed by atoms with E-state index >= 15 is 0 Å². The lowest BCUT2D eigenvalue weighted by Crippen LogP contribution is -2.16. The fourth-order valence-corrected chi connectivity index (χ4v) is 3.45. The van der Waals surface area contributed by atoms with E-state index < -0.39 is 0 Å². The van der Waals surface area contributed by atoms with E-state index in [1.54, 1.807) is 11.3 Å². The van der Waals surface area contributed by atoms with Crippen LogP contribution in [0.25, 0.3) is 0 Å². The average molecular weight is 340 g/mol. The molecular formula is C15H18BrNOS. The zero-order valence-corrected chi connectivity index (χ0v) is 13.6. The second-order valence-corrected chi connectivity index (χ2v) is 6.83. The lowest BCUT2D eigenvalue weighted by atomic mass is 10.0. The second-order valence-electron chi connectivity index (χ2n) is 4.28. The van der Waals surface area contributed by atoms with Crippen LogP contribution in [0.5, 0.6) is 5.75 Å². The van der Waals surface area contributed by atoms with E-state index in [0.29, 0.717) is 12.6 Å². The van der Waals surface area contributed by atoms with Crippen molar-refractivity contribution in [2.75, 3.05) is 7.05 Å². The summed E-state index contributed by atoms with van der Waals surface area (Å²) in [5, 5.41) is 3.33. The number of hydrogen-bond donors (Lipinski definition) is 1. The number of ether oxygens (including phenoxy) is 1. The first-order valence-electron chi connectivity index (χ1n) is 6.37. The Balaban J connectivity index is 2.11. The Kier molecular flexibility index (Phi) is 5.43. The first-order valence-corrected chi connectivity index (χ1v) is 7.98. The van der Waals surface area contributed by atoms with Crippen LogP contribution in [0.15, 0.2) is 40.2 Å². The molecule has 0 bridgehead atoms. The molecule has 1 unspecified atom stereocenters. The molecule has 0 radical (unpaired) electrons. The topological polar surface area (TPSA) is 21.3 Å². The molecule has 0 saturated carbocycles. The summed E-state index contributed by atoms with van der Waals surface area (Å²) in [4.78, 5) is 1.22. The van der Waals surface area contributed by atoms with Gasteiger partial charge in [-0.25, -0.2) is 0 Å². The highest BCUT2D eigenvalue weighted by atomic mass is 79.9. The summed E-state index contributed by atoms with van der Waals surface area (Å²) in [7, 11) is 1.99. The van der Waals surface area contributed by atoms with Crippen molar-refractivity contribution in [2.45, 2.75) is 26.0 Å². The van der Waals surface area contributed by atoms with Crippen LogP contribution in [0.3, 0.4) is 0 Å². The highest BCUT2D eigenvalue weighted by Crippen LogP contribution is 2.29. The number of nitrogens with one attached hydrogen (secondary N) is 1. The Morgan fingerprint density at radius 3 is 2.68 bits per heavy atom. The van der Waals surface area contributed by atoms with E-state index in [2.05, 4.69) is 52.4 Å². The summed E-state index contributed by atoms with van der Waals surface area (Å²) in [6, 6.07) is 12.7. The van der Waals surface area contributed by atoms with Gasteiger partial charge in [0.05, 0.1) is 3.79 Å². The van der Waals surface area contributed by atoms with E-state index in [0.717, 1.165) is 16.0 Å². The van der Waals surface area contributed by atoms with Crippen molar-refractivity contribution in [1.82, 2.24) is 5.32 Å². The highest BCUT2D eigenvalue weighted by molar-refractivity contribution is 9.11. The minimum Gasteiger partial charge on any atom is -0.488 e. The van der Waals surface area contributed by atoms with Gasteiger partial charge in [0.2, 0.25) is 0 Å². The standard InChI is InChI=1S/C15H18BrNOS/c1-3-13(17-2)12-6-4-5-7-14(12)18-10-11-8-9-15(16)19-11/h4-9,13,17H,3,10H2,1-2H3. The lowest BCUT2D eigenvalue weighted by molar-refractivity contribution is 0.302. The van der Waals surface area contributed by atoms with Gasteiger partial charge in [-0.3, -0.25) is 0 Å². The van der Waals surface area contributed by atoms with Crippen LogP contribution < -0.4 is 10.1 Å². The number of thiophene rings is 1. The normalized spacial score (nSPS) is 12.4. The summed E-state index contributed by atoms with van der Waals surface area (Å²) in [6.07, 6.45) is 1.04. The number of hydrogen-bond acceptors (Lipinski definition) is 3. The maximum Gasteiger partial charge on any atom is 0.124 e. The zero-order valence-electron chi connectivity index (χ0n) is 11.2. The van der Waals surface area contributed by atoms with Gasteiger partial charge in [-0.1, -0.05) is 25.1 Å². The van der Waals surface area contributed by atoms with Crippen LogP contribution in [0.2, 0.25) is 0 Å². The third-order valence-electron chi connectivity index (χ3n) is 3.05. The Labute approximate surface area is 126 Å². The fourth-order valence-electron chi connectivity index (χ4n) is 2.06. The van der Waals surface area contributed by atoms with Gasteiger partial charge in [0.1, 0.15) is 12.4 Å². The predicted octanol–water partition coefficient (Wildman–Crippen LogP) is 4.76. The van der Waals surface area contributed by atoms with Crippen molar-refractivity contribution in [1.29, 1.82) is 0 Å². The fraction of sp³-hybridized carbons (Fsp3) is 0.333. The SMILES string of the molecule is CCC(NC)c1ccccc1OCc1ccc(Br)s1. The number of benzene rings is 1. The molecule has 102 valence electrons. The van der Waals surface area contributed by atoms with Crippen LogP contribution in [0.4, 0.5) is 0 Å². The molecule has 0 aliphatic rings. The summed E-state index contributed by atoms with van der Waals surface area (Å²) >= 11 is 5.18. The van der Waals surface area contributed by atoms with Crippen molar-refractivity contribution in [3.05, 3.63) is 50.6 Å². The van der Waals surface area contributed by atoms with E-state index in [9.17, 15) is 0 Å². The molecule has 0 saturated heterocycles. The average Bonchev–Trinajstić information content (AvgIpc) is 2.85. The third-order valence-corrected chi connectivity index (χ3v) is 4.65. The molecule has 19 heavy (non-hydrogen) atoms. The minimum atomic E-state index is 0.339. The molecular weight excluding hydrogens is 322 g/mol. The van der Waals surface area contributed by atoms with E-state index in [-0.39, 0.29) is 0 Å². The van der Waals surface area contributed by atoms with Crippen LogP contribution in [0.1, 0.15) is 29.8 Å². The van der Waals surface area contributed by atoms with Gasteiger partial charge in [-0.15, -0.1) is 11.3 Å². The van der Waals surface area contributed by atoms with Crippen LogP contribution in [-0.4, -0.2) is 7.05 Å². The molecule has 0 aliphatic heterocycles. The molecule has 0 fully saturated rings. The Morgan fingerprint density at radius 2 is 2.05 bits per heavy atom. The van der Waals surface area contributed by atoms with Gasteiger partial charge in [0.15, 0.2) is 0 Å². The van der Waals surface area contributed by atoms with E-state index in [1.807, 2.05) is 19.2 Å². The van der Waals surface area contributed by atoms with Crippen molar-refractivity contribution >= 4 is 27.3 Å². The van der Waals surface area contributed by atoms with Crippen molar-refractivity contribution in [3.8, 4) is 5.75 Å². The molecule has 1 aromatic carbocycles. The molecule has 1 aromatic heterocycles. The molecule has 2 nitrogen and oxygen atoms in total. The maximum atomic E-state index is 5.97. The molecule has 2 rings (SSSR count). The summed E-state index contributed by atoms with van der Waals surface area (Å²) < 4.78 is 7.11. The van der Waals surface area contributed by atoms with E-state index in [4.69, 9.17) is 4.74 Å². The maximum absolute atomic E-state index is 5.97. The zero-order chi connectivity index (χ0) is 13.7. The minimum absolute atomic E-state index is 0.339. The van der Waals surface area contributed by atoms with Crippen molar-refractivity contribution in [2.24, 2.45) is 0 Å². The first kappa shape index (κ1) is 14.6. The third kappa shape index (κ3) is 3.81. The Bertz CT molecular complexity index is 522. The van der Waals surface area contributed by atoms with Gasteiger partial charge >= 0.3 is 0 Å². The molecule has 2 aromatic rings. The van der Waals surface area contributed by atoms with Crippen LogP contribution in [-0.2, 0) is 6.61 Å². The predicted molar refractivity (Wildman–Crippen MR) is 84.9 cm³/mol. The molecule has 1 N–H and O–H groups in total. The molecule has 1 heterocycles. The van der Waals surface area contributed by atoms with Gasteiger partial charge in [0.25, 0.3) is 0 Å². The summed E-state index contributed by atoms with van der Waals surface area (Å²) in [6.45, 7) is 2.79. The Hall–Kier alpha value is -0.840. The van der Waals surface area contributed by atoms with Gasteiger partial charge in [-0.05, 0) is 47.6 Å². The Morgan fingerprint density at radius 1 is 1.26 bits per heavy atom. The van der Waals surface area contributed by atoms with Crippen LogP contribution >= 0.6 is 27.3 Å². The molecule has 0 amide bonds. The van der Waals surface area contributed by atoms with Crippen molar-refractivity contribution in [3.63, 3.8) is 0 Å². The first-order chi connectivity index (χ1) is 9.24. The lowest BCUT2D eigenvalue weighted by Gasteiger charge is -2.18. The molecule has 1 atom stereocenters. The molecule has 4 heteroatoms. The number of para-hydroxylation sites is 1. The van der Waals surface area contributed by atoms with Gasteiger partial charge in [-0.2, -0.15) is 0 Å². The van der Waals surface area contributed by atoms with Crippen LogP contribution in [0, 0.1) is 0 Å². The van der Waals surface area contributed by atoms with Gasteiger partial charge in [0, 0.05) is 16.5 Å². The summed E-state index contributed by atoms with van der Waals surface area (Å²) in [5.41, 5.74) is 1.23. The molecule has 0 spiro atoms. The summed E-state index contributed by atoms with van der Waals surface area (Å²) in [5.74, 6) is 0.966. The highest BCUT2D eigenvalue weighted by Gasteiger charge is 2.12. The van der Waals surface area contributed by atoms with E-state index in [1.165, 1.54) is 10.4 Å². The van der Waals surface area contributed by atoms with Crippen molar-refractivity contribution < 1.29 is 4.74 Å². The second kappa shape index (κ2) is 7.08. The smallest absolute Gasteiger partial charge is 0.124 e. The largest absolute Gasteiger partial charge is 0.488 e. The number of halogens is 1. The van der Waals surface area contributed by atoms with Gasteiger partial charge < -0.3 is 10.1 Å². The quantitative estimate of drug-likeness (QED) is 0.819.